The van der Waals surface area contributed by atoms with Crippen molar-refractivity contribution in [2.45, 2.75) is 57.2 Å². The fourth-order valence-electron chi connectivity index (χ4n) is 2.95. The molecule has 1 heterocycles. The zero-order valence-electron chi connectivity index (χ0n) is 14.9. The van der Waals surface area contributed by atoms with Crippen molar-refractivity contribution in [1.29, 1.82) is 5.26 Å². The van der Waals surface area contributed by atoms with Crippen LogP contribution in [0.25, 0.3) is 6.08 Å². The molecule has 24 heavy (non-hydrogen) atoms. The van der Waals surface area contributed by atoms with Gasteiger partial charge in [-0.1, -0.05) is 30.3 Å². The van der Waals surface area contributed by atoms with Crippen molar-refractivity contribution < 1.29 is 9.31 Å². The van der Waals surface area contributed by atoms with E-state index in [1.165, 1.54) is 0 Å². The van der Waals surface area contributed by atoms with Crippen LogP contribution in [0.1, 0.15) is 51.7 Å². The van der Waals surface area contributed by atoms with Crippen LogP contribution in [0.4, 0.5) is 0 Å². The van der Waals surface area contributed by atoms with E-state index in [1.807, 2.05) is 52.0 Å². The summed E-state index contributed by atoms with van der Waals surface area (Å²) in [5, 5.41) is 9.39. The molecule has 0 spiro atoms. The van der Waals surface area contributed by atoms with E-state index < -0.39 is 7.12 Å². The number of hydrogen-bond acceptors (Lipinski definition) is 4. The van der Waals surface area contributed by atoms with Crippen molar-refractivity contribution in [3.8, 4) is 6.07 Å². The molecule has 1 aromatic rings. The van der Waals surface area contributed by atoms with Crippen LogP contribution in [0, 0.1) is 11.3 Å². The normalized spacial score (nSPS) is 23.8. The van der Waals surface area contributed by atoms with Gasteiger partial charge in [-0.2, -0.15) is 5.26 Å². The molecule has 0 amide bonds. The standard InChI is InChI=1S/C19H25BN2O2/c1-17(2)18(3,4)24-20(23-17)16(12-21)11-14-6-5-7-15(10-14)19(13-22)8-9-19/h5-7,10-11H,8-9,12,21H2,1-4H3. The molecule has 0 radical (unpaired) electrons. The van der Waals surface area contributed by atoms with Crippen molar-refractivity contribution in [3.63, 3.8) is 0 Å². The van der Waals surface area contributed by atoms with Gasteiger partial charge in [-0.3, -0.25) is 0 Å². The Labute approximate surface area is 144 Å². The third-order valence-electron chi connectivity index (χ3n) is 5.55. The minimum atomic E-state index is -0.436. The molecule has 2 aliphatic rings. The van der Waals surface area contributed by atoms with Crippen LogP contribution in [-0.4, -0.2) is 24.9 Å². The summed E-state index contributed by atoms with van der Waals surface area (Å²) in [6.07, 6.45) is 3.91. The molecule has 0 aromatic heterocycles. The number of rotatable bonds is 4. The maximum Gasteiger partial charge on any atom is 0.491 e. The second kappa shape index (κ2) is 5.73. The van der Waals surface area contributed by atoms with Gasteiger partial charge in [0.25, 0.3) is 0 Å². The molecule has 2 fully saturated rings. The lowest BCUT2D eigenvalue weighted by atomic mass is 9.77. The Bertz CT molecular complexity index is 698. The van der Waals surface area contributed by atoms with Gasteiger partial charge in [0.2, 0.25) is 0 Å². The minimum Gasteiger partial charge on any atom is -0.400 e. The molecule has 1 aliphatic heterocycles. The summed E-state index contributed by atoms with van der Waals surface area (Å²) in [7, 11) is -0.436. The summed E-state index contributed by atoms with van der Waals surface area (Å²) in [5.41, 5.74) is 7.94. The highest BCUT2D eigenvalue weighted by Crippen LogP contribution is 2.47. The highest BCUT2D eigenvalue weighted by atomic mass is 16.7. The molecule has 0 unspecified atom stereocenters. The lowest BCUT2D eigenvalue weighted by molar-refractivity contribution is 0.00578. The van der Waals surface area contributed by atoms with Gasteiger partial charge in [-0.15, -0.1) is 0 Å². The number of nitrogens with zero attached hydrogens (tertiary/aromatic N) is 1. The molecule has 5 heteroatoms. The van der Waals surface area contributed by atoms with Crippen LogP contribution in [-0.2, 0) is 14.7 Å². The van der Waals surface area contributed by atoms with Crippen LogP contribution < -0.4 is 5.73 Å². The van der Waals surface area contributed by atoms with Crippen LogP contribution in [0.2, 0.25) is 0 Å². The first-order valence-corrected chi connectivity index (χ1v) is 8.51. The van der Waals surface area contributed by atoms with Gasteiger partial charge >= 0.3 is 7.12 Å². The number of hydrogen-bond donors (Lipinski definition) is 1. The summed E-state index contributed by atoms with van der Waals surface area (Å²) in [6, 6.07) is 10.6. The van der Waals surface area contributed by atoms with Crippen molar-refractivity contribution in [1.82, 2.24) is 0 Å². The van der Waals surface area contributed by atoms with Crippen molar-refractivity contribution in [3.05, 3.63) is 40.9 Å². The van der Waals surface area contributed by atoms with E-state index in [0.29, 0.717) is 6.54 Å². The van der Waals surface area contributed by atoms with Crippen LogP contribution in [0.3, 0.4) is 0 Å². The monoisotopic (exact) mass is 324 g/mol. The van der Waals surface area contributed by atoms with Gasteiger partial charge in [0.15, 0.2) is 0 Å². The fraction of sp³-hybridized carbons (Fsp3) is 0.526. The molecule has 126 valence electrons. The van der Waals surface area contributed by atoms with Crippen molar-refractivity contribution in [2.75, 3.05) is 6.54 Å². The Morgan fingerprint density at radius 3 is 2.38 bits per heavy atom. The van der Waals surface area contributed by atoms with E-state index in [2.05, 4.69) is 12.1 Å². The quantitative estimate of drug-likeness (QED) is 0.864. The second-order valence-corrected chi connectivity index (χ2v) is 7.83. The summed E-state index contributed by atoms with van der Waals surface area (Å²) < 4.78 is 12.2. The molecule has 0 atom stereocenters. The third kappa shape index (κ3) is 2.90. The third-order valence-corrected chi connectivity index (χ3v) is 5.55. The average Bonchev–Trinajstić information content (AvgIpc) is 3.29. The Kier molecular flexibility index (Phi) is 4.12. The first kappa shape index (κ1) is 17.2. The van der Waals surface area contributed by atoms with Gasteiger partial charge in [-0.05, 0) is 57.1 Å². The van der Waals surface area contributed by atoms with E-state index in [9.17, 15) is 5.26 Å². The van der Waals surface area contributed by atoms with Crippen LogP contribution in [0.5, 0.6) is 0 Å². The molecule has 1 saturated heterocycles. The van der Waals surface area contributed by atoms with Gasteiger partial charge in [-0.25, -0.2) is 0 Å². The van der Waals surface area contributed by atoms with Gasteiger partial charge in [0, 0.05) is 6.54 Å². The predicted octanol–water partition coefficient (Wildman–Crippen LogP) is 3.22. The SMILES string of the molecule is CC1(C)OB(C(=Cc2cccc(C3(C#N)CC3)c2)CN)OC1(C)C. The lowest BCUT2D eigenvalue weighted by Crippen LogP contribution is -2.41. The number of nitriles is 1. The fourth-order valence-corrected chi connectivity index (χ4v) is 2.95. The largest absolute Gasteiger partial charge is 0.491 e. The van der Waals surface area contributed by atoms with Crippen molar-refractivity contribution >= 4 is 13.2 Å². The van der Waals surface area contributed by atoms with Crippen LogP contribution >= 0.6 is 0 Å². The molecular formula is C19H25BN2O2. The molecule has 2 N–H and O–H groups in total. The van der Waals surface area contributed by atoms with Gasteiger partial charge < -0.3 is 15.0 Å². The Morgan fingerprint density at radius 2 is 1.88 bits per heavy atom. The van der Waals surface area contributed by atoms with E-state index >= 15 is 0 Å². The smallest absolute Gasteiger partial charge is 0.400 e. The molecular weight excluding hydrogens is 299 g/mol. The lowest BCUT2D eigenvalue weighted by Gasteiger charge is -2.32. The van der Waals surface area contributed by atoms with Gasteiger partial charge in [0.05, 0.1) is 22.7 Å². The van der Waals surface area contributed by atoms with E-state index in [0.717, 1.165) is 29.4 Å². The van der Waals surface area contributed by atoms with E-state index in [1.54, 1.807) is 0 Å². The summed E-state index contributed by atoms with van der Waals surface area (Å²) in [5.74, 6) is 0. The van der Waals surface area contributed by atoms with Gasteiger partial charge in [0.1, 0.15) is 0 Å². The first-order valence-electron chi connectivity index (χ1n) is 8.51. The Morgan fingerprint density at radius 1 is 1.25 bits per heavy atom. The maximum absolute atomic E-state index is 9.39. The minimum absolute atomic E-state index is 0.281. The summed E-state index contributed by atoms with van der Waals surface area (Å²) in [4.78, 5) is 0. The molecule has 1 aromatic carbocycles. The Hall–Kier alpha value is -1.61. The molecule has 1 saturated carbocycles. The van der Waals surface area contributed by atoms with E-state index in [-0.39, 0.29) is 16.6 Å². The number of benzene rings is 1. The maximum atomic E-state index is 9.39. The average molecular weight is 324 g/mol. The topological polar surface area (TPSA) is 68.3 Å². The van der Waals surface area contributed by atoms with E-state index in [4.69, 9.17) is 15.0 Å². The molecule has 0 bridgehead atoms. The molecule has 4 nitrogen and oxygen atoms in total. The Balaban J connectivity index is 1.87. The summed E-state index contributed by atoms with van der Waals surface area (Å²) >= 11 is 0. The van der Waals surface area contributed by atoms with Crippen molar-refractivity contribution in [2.24, 2.45) is 5.73 Å². The first-order chi connectivity index (χ1) is 11.2. The molecule has 3 rings (SSSR count). The predicted molar refractivity (Wildman–Crippen MR) is 96.1 cm³/mol. The highest BCUT2D eigenvalue weighted by molar-refractivity contribution is 6.55. The van der Waals surface area contributed by atoms with Crippen LogP contribution in [0.15, 0.2) is 29.7 Å². The summed E-state index contributed by atoms with van der Waals surface area (Å²) in [6.45, 7) is 8.50. The zero-order valence-corrected chi connectivity index (χ0v) is 14.9. The highest BCUT2D eigenvalue weighted by Gasteiger charge is 2.52. The molecule has 1 aliphatic carbocycles. The second-order valence-electron chi connectivity index (χ2n) is 7.83. The number of nitrogens with two attached hydrogens (primary N) is 1. The zero-order chi connectivity index (χ0) is 17.6.